The third-order valence-corrected chi connectivity index (χ3v) is 1.69. The third-order valence-electron chi connectivity index (χ3n) is 1.69. The highest BCUT2D eigenvalue weighted by atomic mass is 19.1. The summed E-state index contributed by atoms with van der Waals surface area (Å²) >= 11 is 0. The minimum Gasteiger partial charge on any atom is -0.491 e. The first kappa shape index (κ1) is 11.4. The summed E-state index contributed by atoms with van der Waals surface area (Å²) in [6, 6.07) is 6.34. The highest BCUT2D eigenvalue weighted by Gasteiger charge is 2.07. The fourth-order valence-corrected chi connectivity index (χ4v) is 1.10. The van der Waals surface area contributed by atoms with Crippen LogP contribution in [0.4, 0.5) is 4.39 Å². The van der Waals surface area contributed by atoms with Crippen LogP contribution in [0.5, 0.6) is 5.75 Å². The number of nitrogens with zero attached hydrogens (tertiary/aromatic N) is 1. The van der Waals surface area contributed by atoms with E-state index in [9.17, 15) is 9.18 Å². The minimum absolute atomic E-state index is 0.0741. The Morgan fingerprint density at radius 2 is 1.93 bits per heavy atom. The standard InChI is InChI=1S/C11H12FNO2/c1-8(2)15-10-5-3-9(4-6-10)11(12)13-7-14/h3-6,8,11H,1-2H3. The van der Waals surface area contributed by atoms with Gasteiger partial charge in [-0.1, -0.05) is 12.1 Å². The topological polar surface area (TPSA) is 38.7 Å². The molecule has 0 fully saturated rings. The number of ether oxygens (including phenoxy) is 1. The summed E-state index contributed by atoms with van der Waals surface area (Å²) in [6.45, 7) is 3.81. The van der Waals surface area contributed by atoms with Crippen LogP contribution in [0.3, 0.4) is 0 Å². The predicted molar refractivity (Wildman–Crippen MR) is 54.2 cm³/mol. The Hall–Kier alpha value is -1.67. The molecule has 0 spiro atoms. The van der Waals surface area contributed by atoms with Gasteiger partial charge in [0, 0.05) is 5.56 Å². The fourth-order valence-electron chi connectivity index (χ4n) is 1.10. The van der Waals surface area contributed by atoms with Gasteiger partial charge < -0.3 is 4.74 Å². The molecule has 0 heterocycles. The molecule has 0 bridgehead atoms. The second kappa shape index (κ2) is 5.27. The SMILES string of the molecule is CC(C)Oc1ccc(C(F)N=C=O)cc1. The summed E-state index contributed by atoms with van der Waals surface area (Å²) < 4.78 is 18.4. The maximum Gasteiger partial charge on any atom is 0.238 e. The molecule has 1 aromatic rings. The minimum atomic E-state index is -1.64. The summed E-state index contributed by atoms with van der Waals surface area (Å²) in [7, 11) is 0. The van der Waals surface area contributed by atoms with Crippen molar-refractivity contribution in [1.29, 1.82) is 0 Å². The van der Waals surface area contributed by atoms with Crippen LogP contribution in [0.2, 0.25) is 0 Å². The Kier molecular flexibility index (Phi) is 4.01. The Labute approximate surface area is 87.6 Å². The second-order valence-corrected chi connectivity index (χ2v) is 3.29. The van der Waals surface area contributed by atoms with Gasteiger partial charge in [0.05, 0.1) is 6.10 Å². The Balaban J connectivity index is 2.75. The van der Waals surface area contributed by atoms with Crippen molar-refractivity contribution in [2.24, 2.45) is 4.99 Å². The summed E-state index contributed by atoms with van der Waals surface area (Å²) in [5, 5.41) is 0. The number of halogens is 1. The highest BCUT2D eigenvalue weighted by Crippen LogP contribution is 2.21. The lowest BCUT2D eigenvalue weighted by Gasteiger charge is -2.10. The maximum atomic E-state index is 13.1. The molecule has 0 aliphatic carbocycles. The third kappa shape index (κ3) is 3.52. The van der Waals surface area contributed by atoms with Crippen molar-refractivity contribution in [2.45, 2.75) is 26.2 Å². The van der Waals surface area contributed by atoms with E-state index in [0.717, 1.165) is 0 Å². The molecular weight excluding hydrogens is 197 g/mol. The number of carbonyl (C=O) groups excluding carboxylic acids is 1. The van der Waals surface area contributed by atoms with E-state index in [-0.39, 0.29) is 6.10 Å². The fraction of sp³-hybridized carbons (Fsp3) is 0.364. The van der Waals surface area contributed by atoms with Crippen molar-refractivity contribution in [2.75, 3.05) is 0 Å². The quantitative estimate of drug-likeness (QED) is 0.434. The van der Waals surface area contributed by atoms with Crippen LogP contribution in [0.25, 0.3) is 0 Å². The first-order valence-electron chi connectivity index (χ1n) is 4.61. The summed E-state index contributed by atoms with van der Waals surface area (Å²) in [5.41, 5.74) is 0.314. The van der Waals surface area contributed by atoms with Gasteiger partial charge in [0.15, 0.2) is 0 Å². The first-order valence-corrected chi connectivity index (χ1v) is 4.61. The molecule has 80 valence electrons. The van der Waals surface area contributed by atoms with Crippen LogP contribution in [0.15, 0.2) is 29.3 Å². The van der Waals surface area contributed by atoms with Crippen molar-refractivity contribution in [1.82, 2.24) is 0 Å². The molecule has 1 atom stereocenters. The molecule has 4 heteroatoms. The molecule has 0 aromatic heterocycles. The number of alkyl halides is 1. The highest BCUT2D eigenvalue weighted by molar-refractivity contribution is 5.35. The zero-order valence-electron chi connectivity index (χ0n) is 8.61. The van der Waals surface area contributed by atoms with E-state index in [1.54, 1.807) is 12.1 Å². The Morgan fingerprint density at radius 1 is 1.33 bits per heavy atom. The van der Waals surface area contributed by atoms with Gasteiger partial charge in [-0.3, -0.25) is 0 Å². The summed E-state index contributed by atoms with van der Waals surface area (Å²) in [5.74, 6) is 0.663. The number of rotatable bonds is 4. The summed E-state index contributed by atoms with van der Waals surface area (Å²) in [6.07, 6.45) is -0.387. The van der Waals surface area contributed by atoms with E-state index in [2.05, 4.69) is 4.99 Å². The van der Waals surface area contributed by atoms with E-state index in [1.165, 1.54) is 18.2 Å². The van der Waals surface area contributed by atoms with Gasteiger partial charge >= 0.3 is 0 Å². The van der Waals surface area contributed by atoms with Crippen LogP contribution in [0.1, 0.15) is 25.7 Å². The van der Waals surface area contributed by atoms with Crippen molar-refractivity contribution in [3.05, 3.63) is 29.8 Å². The van der Waals surface area contributed by atoms with E-state index in [1.807, 2.05) is 13.8 Å². The van der Waals surface area contributed by atoms with Gasteiger partial charge in [-0.25, -0.2) is 9.18 Å². The molecular formula is C11H12FNO2. The number of hydrogen-bond acceptors (Lipinski definition) is 3. The molecule has 1 aromatic carbocycles. The van der Waals surface area contributed by atoms with Gasteiger partial charge in [-0.2, -0.15) is 4.99 Å². The average molecular weight is 209 g/mol. The van der Waals surface area contributed by atoms with E-state index in [4.69, 9.17) is 4.74 Å². The number of isocyanates is 1. The van der Waals surface area contributed by atoms with Crippen molar-refractivity contribution >= 4 is 6.08 Å². The molecule has 0 amide bonds. The predicted octanol–water partition coefficient (Wildman–Crippen LogP) is 2.78. The lowest BCUT2D eigenvalue weighted by molar-refractivity contribution is 0.242. The van der Waals surface area contributed by atoms with Gasteiger partial charge in [0.25, 0.3) is 0 Å². The van der Waals surface area contributed by atoms with E-state index >= 15 is 0 Å². The number of hydrogen-bond donors (Lipinski definition) is 0. The van der Waals surface area contributed by atoms with Crippen LogP contribution >= 0.6 is 0 Å². The van der Waals surface area contributed by atoms with Crippen molar-refractivity contribution in [3.63, 3.8) is 0 Å². The van der Waals surface area contributed by atoms with Gasteiger partial charge in [-0.05, 0) is 26.0 Å². The van der Waals surface area contributed by atoms with Gasteiger partial charge in [0.1, 0.15) is 5.75 Å². The lowest BCUT2D eigenvalue weighted by atomic mass is 10.2. The molecule has 15 heavy (non-hydrogen) atoms. The van der Waals surface area contributed by atoms with Crippen LogP contribution < -0.4 is 4.74 Å². The van der Waals surface area contributed by atoms with Crippen LogP contribution in [-0.4, -0.2) is 12.2 Å². The monoisotopic (exact) mass is 209 g/mol. The Bertz CT molecular complexity index is 355. The van der Waals surface area contributed by atoms with Gasteiger partial charge in [-0.15, -0.1) is 0 Å². The molecule has 1 rings (SSSR count). The summed E-state index contributed by atoms with van der Waals surface area (Å²) in [4.78, 5) is 12.8. The lowest BCUT2D eigenvalue weighted by Crippen LogP contribution is -2.05. The molecule has 0 aliphatic heterocycles. The van der Waals surface area contributed by atoms with E-state index in [0.29, 0.717) is 11.3 Å². The van der Waals surface area contributed by atoms with Gasteiger partial charge in [0.2, 0.25) is 12.4 Å². The maximum absolute atomic E-state index is 13.1. The first-order chi connectivity index (χ1) is 7.13. The zero-order valence-corrected chi connectivity index (χ0v) is 8.61. The van der Waals surface area contributed by atoms with E-state index < -0.39 is 6.30 Å². The van der Waals surface area contributed by atoms with Crippen LogP contribution in [-0.2, 0) is 4.79 Å². The Morgan fingerprint density at radius 3 is 2.40 bits per heavy atom. The smallest absolute Gasteiger partial charge is 0.238 e. The molecule has 0 radical (unpaired) electrons. The zero-order chi connectivity index (χ0) is 11.3. The van der Waals surface area contributed by atoms with Crippen molar-refractivity contribution < 1.29 is 13.9 Å². The molecule has 0 saturated carbocycles. The molecule has 1 unspecified atom stereocenters. The number of aliphatic imine (C=N–C) groups is 1. The number of benzene rings is 1. The van der Waals surface area contributed by atoms with Crippen molar-refractivity contribution in [3.8, 4) is 5.75 Å². The largest absolute Gasteiger partial charge is 0.491 e. The molecule has 3 nitrogen and oxygen atoms in total. The normalized spacial score (nSPS) is 12.0. The molecule has 0 saturated heterocycles. The average Bonchev–Trinajstić information content (AvgIpc) is 2.18. The second-order valence-electron chi connectivity index (χ2n) is 3.29. The van der Waals surface area contributed by atoms with Crippen LogP contribution in [0, 0.1) is 0 Å². The molecule has 0 aliphatic rings. The molecule has 0 N–H and O–H groups in total.